The standard InChI is InChI=1S/C24H19F3N2O4S/c1-3-34(31,32)18-9-10-21-20(13-18)29-23(33-21)16-5-4-6-17(11-16)28-22(30)15-8-7-14(2)19(12-15)24(25,26)27/h4-13H,3H2,1-2H3,(H,28,30). The Morgan fingerprint density at radius 1 is 1.06 bits per heavy atom. The highest BCUT2D eigenvalue weighted by molar-refractivity contribution is 7.91. The Kier molecular flexibility index (Phi) is 5.94. The number of amides is 1. The summed E-state index contributed by atoms with van der Waals surface area (Å²) in [5, 5.41) is 2.58. The van der Waals surface area contributed by atoms with Crippen molar-refractivity contribution in [2.24, 2.45) is 0 Å². The van der Waals surface area contributed by atoms with Crippen LogP contribution < -0.4 is 5.32 Å². The van der Waals surface area contributed by atoms with E-state index in [2.05, 4.69) is 10.3 Å². The van der Waals surface area contributed by atoms with Crippen molar-refractivity contribution in [2.45, 2.75) is 24.9 Å². The fourth-order valence-electron chi connectivity index (χ4n) is 3.39. The molecule has 1 aromatic heterocycles. The van der Waals surface area contributed by atoms with Crippen LogP contribution in [0.2, 0.25) is 0 Å². The van der Waals surface area contributed by atoms with Gasteiger partial charge in [0.1, 0.15) is 5.52 Å². The molecule has 10 heteroatoms. The molecule has 176 valence electrons. The maximum Gasteiger partial charge on any atom is 0.416 e. The monoisotopic (exact) mass is 488 g/mol. The van der Waals surface area contributed by atoms with Crippen LogP contribution in [0.1, 0.15) is 28.4 Å². The summed E-state index contributed by atoms with van der Waals surface area (Å²) < 4.78 is 69.5. The molecule has 0 bridgehead atoms. The molecule has 1 N–H and O–H groups in total. The van der Waals surface area contributed by atoms with Crippen molar-refractivity contribution in [2.75, 3.05) is 11.1 Å². The average Bonchev–Trinajstić information content (AvgIpc) is 3.22. The first-order valence-electron chi connectivity index (χ1n) is 10.2. The van der Waals surface area contributed by atoms with E-state index in [0.29, 0.717) is 22.4 Å². The molecule has 0 atom stereocenters. The summed E-state index contributed by atoms with van der Waals surface area (Å²) in [6.45, 7) is 2.88. The lowest BCUT2D eigenvalue weighted by Crippen LogP contribution is -2.15. The molecule has 3 aromatic carbocycles. The number of halogens is 3. The van der Waals surface area contributed by atoms with Crippen molar-refractivity contribution >= 4 is 32.5 Å². The number of oxazole rings is 1. The van der Waals surface area contributed by atoms with Gasteiger partial charge in [0, 0.05) is 16.8 Å². The van der Waals surface area contributed by atoms with E-state index in [0.717, 1.165) is 6.07 Å². The Morgan fingerprint density at radius 3 is 2.53 bits per heavy atom. The van der Waals surface area contributed by atoms with E-state index in [1.165, 1.54) is 37.3 Å². The van der Waals surface area contributed by atoms with Crippen LogP contribution in [0.15, 0.2) is 70.0 Å². The first-order chi connectivity index (χ1) is 16.0. The molecule has 0 radical (unpaired) electrons. The number of carbonyl (C=O) groups is 1. The second-order valence-electron chi connectivity index (χ2n) is 7.61. The molecule has 0 spiro atoms. The Labute approximate surface area is 193 Å². The van der Waals surface area contributed by atoms with Gasteiger partial charge in [0.15, 0.2) is 15.4 Å². The van der Waals surface area contributed by atoms with Crippen molar-refractivity contribution in [3.8, 4) is 11.5 Å². The van der Waals surface area contributed by atoms with Crippen LogP contribution >= 0.6 is 0 Å². The van der Waals surface area contributed by atoms with Gasteiger partial charge in [-0.3, -0.25) is 4.79 Å². The molecule has 4 rings (SSSR count). The van der Waals surface area contributed by atoms with Crippen molar-refractivity contribution in [1.29, 1.82) is 0 Å². The van der Waals surface area contributed by atoms with E-state index >= 15 is 0 Å². The molecule has 6 nitrogen and oxygen atoms in total. The summed E-state index contributed by atoms with van der Waals surface area (Å²) in [5.74, 6) is -0.544. The van der Waals surface area contributed by atoms with Gasteiger partial charge in [0.05, 0.1) is 16.2 Å². The summed E-state index contributed by atoms with van der Waals surface area (Å²) >= 11 is 0. The lowest BCUT2D eigenvalue weighted by atomic mass is 10.0. The molecule has 0 aliphatic heterocycles. The van der Waals surface area contributed by atoms with Gasteiger partial charge < -0.3 is 9.73 Å². The minimum atomic E-state index is -4.57. The van der Waals surface area contributed by atoms with Gasteiger partial charge in [-0.15, -0.1) is 0 Å². The van der Waals surface area contributed by atoms with Crippen molar-refractivity contribution in [3.05, 3.63) is 77.4 Å². The normalized spacial score (nSPS) is 12.1. The van der Waals surface area contributed by atoms with Gasteiger partial charge in [-0.2, -0.15) is 13.2 Å². The van der Waals surface area contributed by atoms with Gasteiger partial charge in [-0.05, 0) is 61.0 Å². The van der Waals surface area contributed by atoms with E-state index in [-0.39, 0.29) is 27.7 Å². The van der Waals surface area contributed by atoms with Crippen molar-refractivity contribution in [3.63, 3.8) is 0 Å². The molecule has 0 saturated heterocycles. The van der Waals surface area contributed by atoms with Crippen LogP contribution in [0.25, 0.3) is 22.6 Å². The predicted octanol–water partition coefficient (Wildman–Crippen LogP) is 5.87. The van der Waals surface area contributed by atoms with E-state index in [4.69, 9.17) is 4.42 Å². The molecule has 4 aromatic rings. The number of hydrogen-bond donors (Lipinski definition) is 1. The fraction of sp³-hybridized carbons (Fsp3) is 0.167. The Balaban J connectivity index is 1.61. The molecular weight excluding hydrogens is 469 g/mol. The van der Waals surface area contributed by atoms with Gasteiger partial charge in [-0.25, -0.2) is 13.4 Å². The summed E-state index contributed by atoms with van der Waals surface area (Å²) in [7, 11) is -3.41. The zero-order chi connectivity index (χ0) is 24.7. The van der Waals surface area contributed by atoms with E-state index < -0.39 is 27.5 Å². The van der Waals surface area contributed by atoms with Crippen molar-refractivity contribution < 1.29 is 30.8 Å². The second kappa shape index (κ2) is 8.60. The largest absolute Gasteiger partial charge is 0.436 e. The van der Waals surface area contributed by atoms with Crippen LogP contribution in [0.4, 0.5) is 18.9 Å². The molecule has 1 amide bonds. The van der Waals surface area contributed by atoms with Gasteiger partial charge in [0.25, 0.3) is 5.91 Å². The fourth-order valence-corrected chi connectivity index (χ4v) is 4.29. The number of nitrogens with zero attached hydrogens (tertiary/aromatic N) is 1. The van der Waals surface area contributed by atoms with E-state index in [9.17, 15) is 26.4 Å². The zero-order valence-electron chi connectivity index (χ0n) is 18.1. The number of anilines is 1. The number of carbonyl (C=O) groups excluding carboxylic acids is 1. The zero-order valence-corrected chi connectivity index (χ0v) is 18.9. The summed E-state index contributed by atoms with van der Waals surface area (Å²) in [4.78, 5) is 17.1. The molecule has 34 heavy (non-hydrogen) atoms. The lowest BCUT2D eigenvalue weighted by molar-refractivity contribution is -0.138. The SMILES string of the molecule is CCS(=O)(=O)c1ccc2oc(-c3cccc(NC(=O)c4ccc(C)c(C(F)(F)F)c4)c3)nc2c1. The van der Waals surface area contributed by atoms with Crippen LogP contribution in [0.5, 0.6) is 0 Å². The number of fused-ring (bicyclic) bond motifs is 1. The molecule has 0 fully saturated rings. The maximum absolute atomic E-state index is 13.2. The quantitative estimate of drug-likeness (QED) is 0.380. The minimum Gasteiger partial charge on any atom is -0.436 e. The van der Waals surface area contributed by atoms with Gasteiger partial charge >= 0.3 is 6.18 Å². The van der Waals surface area contributed by atoms with Crippen LogP contribution in [-0.4, -0.2) is 25.1 Å². The molecule has 0 aliphatic rings. The van der Waals surface area contributed by atoms with E-state index in [1.54, 1.807) is 31.2 Å². The highest BCUT2D eigenvalue weighted by Gasteiger charge is 2.33. The van der Waals surface area contributed by atoms with Crippen LogP contribution in [-0.2, 0) is 16.0 Å². The van der Waals surface area contributed by atoms with Crippen LogP contribution in [0.3, 0.4) is 0 Å². The highest BCUT2D eigenvalue weighted by atomic mass is 32.2. The predicted molar refractivity (Wildman–Crippen MR) is 121 cm³/mol. The Hall–Kier alpha value is -3.66. The number of aromatic nitrogens is 1. The second-order valence-corrected chi connectivity index (χ2v) is 9.89. The maximum atomic E-state index is 13.2. The van der Waals surface area contributed by atoms with E-state index in [1.807, 2.05) is 0 Å². The third-order valence-corrected chi connectivity index (χ3v) is 7.00. The molecule has 0 saturated carbocycles. The third-order valence-electron chi connectivity index (χ3n) is 5.27. The Morgan fingerprint density at radius 2 is 1.82 bits per heavy atom. The Bertz CT molecular complexity index is 1510. The number of alkyl halides is 3. The molecule has 0 unspecified atom stereocenters. The third kappa shape index (κ3) is 4.67. The first kappa shape index (κ1) is 23.5. The molecule has 0 aliphatic carbocycles. The first-order valence-corrected chi connectivity index (χ1v) is 11.9. The topological polar surface area (TPSA) is 89.3 Å². The summed E-state index contributed by atoms with van der Waals surface area (Å²) in [6.07, 6.45) is -4.57. The lowest BCUT2D eigenvalue weighted by Gasteiger charge is -2.12. The highest BCUT2D eigenvalue weighted by Crippen LogP contribution is 2.33. The number of benzene rings is 3. The van der Waals surface area contributed by atoms with Gasteiger partial charge in [0.2, 0.25) is 5.89 Å². The number of rotatable bonds is 5. The average molecular weight is 488 g/mol. The number of hydrogen-bond acceptors (Lipinski definition) is 5. The van der Waals surface area contributed by atoms with Gasteiger partial charge in [-0.1, -0.05) is 19.1 Å². The number of sulfone groups is 1. The smallest absolute Gasteiger partial charge is 0.416 e. The van der Waals surface area contributed by atoms with Crippen LogP contribution in [0, 0.1) is 6.92 Å². The van der Waals surface area contributed by atoms with Crippen molar-refractivity contribution in [1.82, 2.24) is 4.98 Å². The number of aryl methyl sites for hydroxylation is 1. The molecular formula is C24H19F3N2O4S. The molecule has 1 heterocycles. The number of nitrogens with one attached hydrogen (secondary N) is 1. The summed E-state index contributed by atoms with van der Waals surface area (Å²) in [6, 6.07) is 14.2. The minimum absolute atomic E-state index is 0.0249. The summed E-state index contributed by atoms with van der Waals surface area (Å²) in [5.41, 5.74) is 0.593.